The number of nitrogens with zero attached hydrogens (tertiary/aromatic N) is 2. The smallest absolute Gasteiger partial charge is 0.256 e. The van der Waals surface area contributed by atoms with E-state index in [2.05, 4.69) is 4.90 Å². The highest BCUT2D eigenvalue weighted by molar-refractivity contribution is 5.94. The van der Waals surface area contributed by atoms with E-state index in [4.69, 9.17) is 0 Å². The number of carbonyl (C=O) groups excluding carboxylic acids is 1. The van der Waals surface area contributed by atoms with Gasteiger partial charge in [0.25, 0.3) is 5.91 Å². The zero-order chi connectivity index (χ0) is 14.1. The Balaban J connectivity index is 1.60. The molecule has 20 heavy (non-hydrogen) atoms. The Kier molecular flexibility index (Phi) is 3.61. The van der Waals surface area contributed by atoms with Gasteiger partial charge in [0, 0.05) is 38.8 Å². The number of benzene rings is 1. The maximum absolute atomic E-state index is 13.7. The van der Waals surface area contributed by atoms with Crippen LogP contribution >= 0.6 is 0 Å². The molecule has 2 fully saturated rings. The molecular weight excluding hydrogens is 259 g/mol. The minimum absolute atomic E-state index is 0.0402. The second-order valence-corrected chi connectivity index (χ2v) is 5.70. The summed E-state index contributed by atoms with van der Waals surface area (Å²) in [4.78, 5) is 16.3. The molecule has 1 aliphatic heterocycles. The number of hydrogen-bond donors (Lipinski definition) is 1. The van der Waals surface area contributed by atoms with Crippen LogP contribution < -0.4 is 0 Å². The summed E-state index contributed by atoms with van der Waals surface area (Å²) >= 11 is 0. The minimum atomic E-state index is -0.657. The predicted octanol–water partition coefficient (Wildman–Crippen LogP) is 1.70. The van der Waals surface area contributed by atoms with Crippen molar-refractivity contribution >= 4 is 5.91 Å². The van der Waals surface area contributed by atoms with E-state index >= 15 is 0 Å². The number of amides is 1. The molecule has 1 aromatic carbocycles. The van der Waals surface area contributed by atoms with Crippen LogP contribution in [0.5, 0.6) is 5.75 Å². The van der Waals surface area contributed by atoms with Crippen molar-refractivity contribution in [3.05, 3.63) is 29.6 Å². The van der Waals surface area contributed by atoms with Crippen molar-refractivity contribution in [2.45, 2.75) is 12.8 Å². The standard InChI is InChI=1S/C15H19FN2O2/c16-14-9-12(19)3-4-13(14)15(20)18-7-5-17(6-8-18)10-11-1-2-11/h3-4,9,11,19H,1-2,5-8,10H2. The number of piperazine rings is 1. The van der Waals surface area contributed by atoms with E-state index in [-0.39, 0.29) is 17.2 Å². The van der Waals surface area contributed by atoms with Crippen LogP contribution in [0, 0.1) is 11.7 Å². The zero-order valence-electron chi connectivity index (χ0n) is 11.4. The fourth-order valence-corrected chi connectivity index (χ4v) is 2.65. The molecule has 4 nitrogen and oxygen atoms in total. The van der Waals surface area contributed by atoms with Gasteiger partial charge in [-0.25, -0.2) is 4.39 Å². The maximum atomic E-state index is 13.7. The molecule has 1 heterocycles. The SMILES string of the molecule is O=C(c1ccc(O)cc1F)N1CCN(CC2CC2)CC1. The van der Waals surface area contributed by atoms with Crippen LogP contribution in [-0.2, 0) is 0 Å². The van der Waals surface area contributed by atoms with Gasteiger partial charge in [-0.3, -0.25) is 9.69 Å². The maximum Gasteiger partial charge on any atom is 0.256 e. The number of carbonyl (C=O) groups is 1. The first-order valence-corrected chi connectivity index (χ1v) is 7.13. The van der Waals surface area contributed by atoms with Crippen LogP contribution in [0.4, 0.5) is 4.39 Å². The van der Waals surface area contributed by atoms with Crippen LogP contribution in [0.2, 0.25) is 0 Å². The fraction of sp³-hybridized carbons (Fsp3) is 0.533. The Bertz CT molecular complexity index is 509. The van der Waals surface area contributed by atoms with Crippen molar-refractivity contribution < 1.29 is 14.3 Å². The molecule has 0 atom stereocenters. The van der Waals surface area contributed by atoms with Crippen LogP contribution in [0.1, 0.15) is 23.2 Å². The van der Waals surface area contributed by atoms with Gasteiger partial charge in [0.05, 0.1) is 5.56 Å². The van der Waals surface area contributed by atoms with Gasteiger partial charge in [-0.05, 0) is 30.9 Å². The molecule has 1 saturated carbocycles. The lowest BCUT2D eigenvalue weighted by Gasteiger charge is -2.34. The molecule has 0 unspecified atom stereocenters. The third-order valence-corrected chi connectivity index (χ3v) is 4.06. The molecule has 0 radical (unpaired) electrons. The monoisotopic (exact) mass is 278 g/mol. The zero-order valence-corrected chi connectivity index (χ0v) is 11.4. The van der Waals surface area contributed by atoms with Crippen LogP contribution in [-0.4, -0.2) is 53.5 Å². The van der Waals surface area contributed by atoms with Crippen LogP contribution in [0.25, 0.3) is 0 Å². The molecule has 0 spiro atoms. The molecule has 1 N–H and O–H groups in total. The first kappa shape index (κ1) is 13.4. The second-order valence-electron chi connectivity index (χ2n) is 5.70. The summed E-state index contributed by atoms with van der Waals surface area (Å²) in [6.07, 6.45) is 2.66. The first-order chi connectivity index (χ1) is 9.63. The van der Waals surface area contributed by atoms with Crippen molar-refractivity contribution in [3.8, 4) is 5.75 Å². The van der Waals surface area contributed by atoms with Gasteiger partial charge >= 0.3 is 0 Å². The van der Waals surface area contributed by atoms with E-state index in [1.54, 1.807) is 4.90 Å². The quantitative estimate of drug-likeness (QED) is 0.915. The lowest BCUT2D eigenvalue weighted by Crippen LogP contribution is -2.49. The second kappa shape index (κ2) is 5.40. The highest BCUT2D eigenvalue weighted by Gasteiger charge is 2.28. The Hall–Kier alpha value is -1.62. The highest BCUT2D eigenvalue weighted by atomic mass is 19.1. The average molecular weight is 278 g/mol. The molecule has 1 aliphatic carbocycles. The fourth-order valence-electron chi connectivity index (χ4n) is 2.65. The summed E-state index contributed by atoms with van der Waals surface area (Å²) in [6, 6.07) is 3.68. The van der Waals surface area contributed by atoms with Gasteiger partial charge < -0.3 is 10.0 Å². The third kappa shape index (κ3) is 2.93. The minimum Gasteiger partial charge on any atom is -0.508 e. The number of rotatable bonds is 3. The van der Waals surface area contributed by atoms with Crippen LogP contribution in [0.15, 0.2) is 18.2 Å². The Labute approximate surface area is 117 Å². The summed E-state index contributed by atoms with van der Waals surface area (Å²) in [5.74, 6) is -0.246. The van der Waals surface area contributed by atoms with Gasteiger partial charge in [0.15, 0.2) is 0 Å². The lowest BCUT2D eigenvalue weighted by molar-refractivity contribution is 0.0627. The molecule has 0 aromatic heterocycles. The van der Waals surface area contributed by atoms with E-state index in [9.17, 15) is 14.3 Å². The molecule has 3 rings (SSSR count). The summed E-state index contributed by atoms with van der Waals surface area (Å²) in [5.41, 5.74) is 0.0402. The van der Waals surface area contributed by atoms with E-state index < -0.39 is 5.82 Å². The van der Waals surface area contributed by atoms with Crippen molar-refractivity contribution in [1.82, 2.24) is 9.80 Å². The normalized spacial score (nSPS) is 20.1. The summed E-state index contributed by atoms with van der Waals surface area (Å²) in [7, 11) is 0. The summed E-state index contributed by atoms with van der Waals surface area (Å²) in [5, 5.41) is 9.18. The van der Waals surface area contributed by atoms with Crippen molar-refractivity contribution in [1.29, 1.82) is 0 Å². The number of hydrogen-bond acceptors (Lipinski definition) is 3. The van der Waals surface area contributed by atoms with Gasteiger partial charge in [0.1, 0.15) is 11.6 Å². The lowest BCUT2D eigenvalue weighted by atomic mass is 10.1. The predicted molar refractivity (Wildman–Crippen MR) is 73.1 cm³/mol. The van der Waals surface area contributed by atoms with Gasteiger partial charge in [-0.2, -0.15) is 0 Å². The Morgan fingerprint density at radius 2 is 1.95 bits per heavy atom. The number of phenols is 1. The molecule has 1 amide bonds. The topological polar surface area (TPSA) is 43.8 Å². The van der Waals surface area contributed by atoms with E-state index in [0.717, 1.165) is 31.6 Å². The Morgan fingerprint density at radius 3 is 2.55 bits per heavy atom. The molecule has 1 saturated heterocycles. The van der Waals surface area contributed by atoms with E-state index in [0.29, 0.717) is 13.1 Å². The van der Waals surface area contributed by atoms with Crippen molar-refractivity contribution in [2.75, 3.05) is 32.7 Å². The van der Waals surface area contributed by atoms with E-state index in [1.165, 1.54) is 25.0 Å². The molecular formula is C15H19FN2O2. The van der Waals surface area contributed by atoms with Crippen molar-refractivity contribution in [2.24, 2.45) is 5.92 Å². The van der Waals surface area contributed by atoms with E-state index in [1.807, 2.05) is 0 Å². The largest absolute Gasteiger partial charge is 0.508 e. The van der Waals surface area contributed by atoms with Crippen LogP contribution in [0.3, 0.4) is 0 Å². The molecule has 1 aromatic rings. The number of phenolic OH excluding ortho intramolecular Hbond substituents is 1. The highest BCUT2D eigenvalue weighted by Crippen LogP contribution is 2.30. The summed E-state index contributed by atoms with van der Waals surface area (Å²) in [6.45, 7) is 4.15. The summed E-state index contributed by atoms with van der Waals surface area (Å²) < 4.78 is 13.7. The number of aromatic hydroxyl groups is 1. The first-order valence-electron chi connectivity index (χ1n) is 7.13. The van der Waals surface area contributed by atoms with Gasteiger partial charge in [-0.15, -0.1) is 0 Å². The molecule has 5 heteroatoms. The van der Waals surface area contributed by atoms with Gasteiger partial charge in [-0.1, -0.05) is 0 Å². The Morgan fingerprint density at radius 1 is 1.25 bits per heavy atom. The molecule has 0 bridgehead atoms. The molecule has 2 aliphatic rings. The number of halogens is 1. The molecule has 108 valence electrons. The van der Waals surface area contributed by atoms with Crippen molar-refractivity contribution in [3.63, 3.8) is 0 Å². The third-order valence-electron chi connectivity index (χ3n) is 4.06. The average Bonchev–Trinajstić information content (AvgIpc) is 3.23. The van der Waals surface area contributed by atoms with Gasteiger partial charge in [0.2, 0.25) is 0 Å².